The highest BCUT2D eigenvalue weighted by Gasteiger charge is 2.13. The van der Waals surface area contributed by atoms with E-state index in [0.717, 1.165) is 0 Å². The summed E-state index contributed by atoms with van der Waals surface area (Å²) in [5, 5.41) is 22.2. The van der Waals surface area contributed by atoms with Crippen molar-refractivity contribution in [1.82, 2.24) is 19.8 Å². The SMILES string of the molecule is Nc1nnc(-c2ccc(Cl)cc2O)c2ccnn12. The highest BCUT2D eigenvalue weighted by Crippen LogP contribution is 2.32. The minimum atomic E-state index is 0.0321. The van der Waals surface area contributed by atoms with Gasteiger partial charge in [-0.3, -0.25) is 0 Å². The molecule has 18 heavy (non-hydrogen) atoms. The molecule has 0 unspecified atom stereocenters. The minimum Gasteiger partial charge on any atom is -0.507 e. The molecular formula is C11H8ClN5O. The summed E-state index contributed by atoms with van der Waals surface area (Å²) in [4.78, 5) is 0. The molecule has 0 bridgehead atoms. The van der Waals surface area contributed by atoms with E-state index < -0.39 is 0 Å². The summed E-state index contributed by atoms with van der Waals surface area (Å²) in [5.74, 6) is 0.219. The zero-order valence-corrected chi connectivity index (χ0v) is 9.83. The molecule has 2 aromatic heterocycles. The smallest absolute Gasteiger partial charge is 0.241 e. The minimum absolute atomic E-state index is 0.0321. The Morgan fingerprint density at radius 2 is 2.06 bits per heavy atom. The van der Waals surface area contributed by atoms with Crippen molar-refractivity contribution < 1.29 is 5.11 Å². The van der Waals surface area contributed by atoms with E-state index in [2.05, 4.69) is 15.3 Å². The maximum atomic E-state index is 9.90. The second-order valence-corrected chi connectivity index (χ2v) is 4.13. The van der Waals surface area contributed by atoms with Gasteiger partial charge in [-0.2, -0.15) is 9.61 Å². The Labute approximate surface area is 107 Å². The molecule has 0 aliphatic carbocycles. The Kier molecular flexibility index (Phi) is 2.31. The summed E-state index contributed by atoms with van der Waals surface area (Å²) in [6.07, 6.45) is 1.59. The lowest BCUT2D eigenvalue weighted by molar-refractivity contribution is 0.477. The van der Waals surface area contributed by atoms with Gasteiger partial charge in [-0.05, 0) is 24.3 Å². The third-order valence-electron chi connectivity index (χ3n) is 2.57. The molecule has 3 aromatic rings. The van der Waals surface area contributed by atoms with Gasteiger partial charge in [0.2, 0.25) is 5.95 Å². The van der Waals surface area contributed by atoms with Crippen LogP contribution < -0.4 is 5.73 Å². The summed E-state index contributed by atoms with van der Waals surface area (Å²) in [6.45, 7) is 0. The first kappa shape index (κ1) is 10.8. The van der Waals surface area contributed by atoms with Crippen LogP contribution in [0.2, 0.25) is 5.02 Å². The van der Waals surface area contributed by atoms with Gasteiger partial charge in [0.1, 0.15) is 11.4 Å². The van der Waals surface area contributed by atoms with Crippen molar-refractivity contribution in [3.8, 4) is 17.0 Å². The summed E-state index contributed by atoms with van der Waals surface area (Å²) >= 11 is 5.79. The van der Waals surface area contributed by atoms with Crippen LogP contribution in [0.4, 0.5) is 5.95 Å². The van der Waals surface area contributed by atoms with Crippen molar-refractivity contribution in [3.05, 3.63) is 35.5 Å². The monoisotopic (exact) mass is 261 g/mol. The highest BCUT2D eigenvalue weighted by molar-refractivity contribution is 6.30. The molecule has 0 saturated carbocycles. The largest absolute Gasteiger partial charge is 0.507 e. The summed E-state index contributed by atoms with van der Waals surface area (Å²) in [5.41, 5.74) is 7.34. The van der Waals surface area contributed by atoms with Crippen molar-refractivity contribution in [1.29, 1.82) is 0 Å². The number of phenolic OH excluding ortho intramolecular Hbond substituents is 1. The first-order valence-electron chi connectivity index (χ1n) is 5.11. The molecule has 0 saturated heterocycles. The molecule has 2 heterocycles. The van der Waals surface area contributed by atoms with Crippen LogP contribution in [-0.2, 0) is 0 Å². The molecule has 0 radical (unpaired) electrons. The number of aromatic nitrogens is 4. The maximum absolute atomic E-state index is 9.90. The first-order chi connectivity index (χ1) is 8.66. The summed E-state index contributed by atoms with van der Waals surface area (Å²) in [7, 11) is 0. The van der Waals surface area contributed by atoms with Crippen molar-refractivity contribution in [2.75, 3.05) is 5.73 Å². The van der Waals surface area contributed by atoms with E-state index in [1.807, 2.05) is 0 Å². The standard InChI is InChI=1S/C11H8ClN5O/c12-6-1-2-7(9(18)5-6)10-8-3-4-14-17(8)11(13)16-15-10/h1-5,18H,(H2,13,16). The lowest BCUT2D eigenvalue weighted by atomic mass is 10.1. The van der Waals surface area contributed by atoms with E-state index in [9.17, 15) is 5.11 Å². The molecule has 0 spiro atoms. The van der Waals surface area contributed by atoms with Crippen LogP contribution in [0.5, 0.6) is 5.75 Å². The lowest BCUT2D eigenvalue weighted by Gasteiger charge is -2.06. The van der Waals surface area contributed by atoms with Crippen molar-refractivity contribution in [2.24, 2.45) is 0 Å². The molecule has 0 amide bonds. The normalized spacial score (nSPS) is 10.9. The van der Waals surface area contributed by atoms with Gasteiger partial charge in [0, 0.05) is 10.6 Å². The van der Waals surface area contributed by atoms with E-state index >= 15 is 0 Å². The van der Waals surface area contributed by atoms with E-state index in [1.54, 1.807) is 24.4 Å². The maximum Gasteiger partial charge on any atom is 0.241 e. The van der Waals surface area contributed by atoms with Gasteiger partial charge < -0.3 is 10.8 Å². The number of nitrogens with two attached hydrogens (primary N) is 1. The van der Waals surface area contributed by atoms with Crippen LogP contribution in [0.3, 0.4) is 0 Å². The third kappa shape index (κ3) is 1.54. The number of anilines is 1. The van der Waals surface area contributed by atoms with Crippen molar-refractivity contribution in [3.63, 3.8) is 0 Å². The van der Waals surface area contributed by atoms with Gasteiger partial charge >= 0.3 is 0 Å². The van der Waals surface area contributed by atoms with Crippen LogP contribution >= 0.6 is 11.6 Å². The number of fused-ring (bicyclic) bond motifs is 1. The molecule has 90 valence electrons. The fourth-order valence-electron chi connectivity index (χ4n) is 1.76. The van der Waals surface area contributed by atoms with Gasteiger partial charge in [-0.1, -0.05) is 11.6 Å². The number of phenols is 1. The van der Waals surface area contributed by atoms with E-state index in [4.69, 9.17) is 17.3 Å². The van der Waals surface area contributed by atoms with Gasteiger partial charge in [-0.25, -0.2) is 0 Å². The molecule has 0 atom stereocenters. The number of hydrogen-bond acceptors (Lipinski definition) is 5. The zero-order chi connectivity index (χ0) is 12.7. The Hall–Kier alpha value is -2.34. The molecule has 0 aliphatic rings. The molecule has 6 nitrogen and oxygen atoms in total. The number of hydrogen-bond donors (Lipinski definition) is 2. The quantitative estimate of drug-likeness (QED) is 0.696. The number of aromatic hydroxyl groups is 1. The number of nitrogen functional groups attached to an aromatic ring is 1. The second kappa shape index (κ2) is 3.85. The van der Waals surface area contributed by atoms with E-state index in [0.29, 0.717) is 21.8 Å². The van der Waals surface area contributed by atoms with Gasteiger partial charge in [-0.15, -0.1) is 10.2 Å². The van der Waals surface area contributed by atoms with E-state index in [1.165, 1.54) is 10.6 Å². The fourth-order valence-corrected chi connectivity index (χ4v) is 1.92. The summed E-state index contributed by atoms with van der Waals surface area (Å²) in [6, 6.07) is 6.53. The lowest BCUT2D eigenvalue weighted by Crippen LogP contribution is -2.05. The van der Waals surface area contributed by atoms with Crippen LogP contribution in [0.1, 0.15) is 0 Å². The number of rotatable bonds is 1. The average molecular weight is 262 g/mol. The molecule has 3 rings (SSSR count). The zero-order valence-electron chi connectivity index (χ0n) is 9.08. The topological polar surface area (TPSA) is 89.3 Å². The number of nitrogens with zero attached hydrogens (tertiary/aromatic N) is 4. The highest BCUT2D eigenvalue weighted by atomic mass is 35.5. The Morgan fingerprint density at radius 3 is 2.83 bits per heavy atom. The van der Waals surface area contributed by atoms with Crippen LogP contribution in [0.15, 0.2) is 30.5 Å². The Bertz CT molecular complexity index is 739. The first-order valence-corrected chi connectivity index (χ1v) is 5.49. The Balaban J connectivity index is 2.32. The van der Waals surface area contributed by atoms with Gasteiger partial charge in [0.25, 0.3) is 0 Å². The molecule has 3 N–H and O–H groups in total. The molecule has 1 aromatic carbocycles. The predicted molar refractivity (Wildman–Crippen MR) is 67.3 cm³/mol. The molecule has 0 fully saturated rings. The number of benzene rings is 1. The fraction of sp³-hybridized carbons (Fsp3) is 0. The second-order valence-electron chi connectivity index (χ2n) is 3.70. The molecule has 0 aliphatic heterocycles. The predicted octanol–water partition coefficient (Wildman–Crippen LogP) is 1.73. The van der Waals surface area contributed by atoms with Crippen molar-refractivity contribution in [2.45, 2.75) is 0 Å². The van der Waals surface area contributed by atoms with Crippen LogP contribution in [-0.4, -0.2) is 24.9 Å². The van der Waals surface area contributed by atoms with Crippen molar-refractivity contribution >= 4 is 23.1 Å². The van der Waals surface area contributed by atoms with E-state index in [-0.39, 0.29) is 11.7 Å². The van der Waals surface area contributed by atoms with Crippen LogP contribution in [0.25, 0.3) is 16.8 Å². The third-order valence-corrected chi connectivity index (χ3v) is 2.80. The van der Waals surface area contributed by atoms with Gasteiger partial charge in [0.15, 0.2) is 0 Å². The summed E-state index contributed by atoms with van der Waals surface area (Å²) < 4.78 is 1.45. The van der Waals surface area contributed by atoms with Crippen LogP contribution in [0, 0.1) is 0 Å². The average Bonchev–Trinajstić information content (AvgIpc) is 2.81. The Morgan fingerprint density at radius 1 is 1.22 bits per heavy atom. The molecular weight excluding hydrogens is 254 g/mol. The number of halogens is 1. The molecule has 7 heteroatoms. The van der Waals surface area contributed by atoms with Gasteiger partial charge in [0.05, 0.1) is 11.7 Å².